The Morgan fingerprint density at radius 2 is 1.89 bits per heavy atom. The van der Waals surface area contributed by atoms with Gasteiger partial charge < -0.3 is 19.7 Å². The lowest BCUT2D eigenvalue weighted by Crippen LogP contribution is -2.67. The topological polar surface area (TPSA) is 76.0 Å². The standard InChI is InChI=1S/C23H32O5/c1-11-9-22-12(2)7-15-16(20(15,3)4)14(18(22)25)8-13-10-27-21(5,6)28-19(13)23(22,26)17(11)24/h8-9,12,14-17,19,24,26H,7,10H2,1-6H3. The van der Waals surface area contributed by atoms with Gasteiger partial charge in [-0.25, -0.2) is 0 Å². The van der Waals surface area contributed by atoms with E-state index in [-0.39, 0.29) is 29.0 Å². The minimum Gasteiger partial charge on any atom is -0.386 e. The van der Waals surface area contributed by atoms with Crippen LogP contribution >= 0.6 is 0 Å². The van der Waals surface area contributed by atoms with Crippen molar-refractivity contribution in [3.63, 3.8) is 0 Å². The molecule has 1 spiro atoms. The van der Waals surface area contributed by atoms with Gasteiger partial charge in [0.2, 0.25) is 0 Å². The Kier molecular flexibility index (Phi) is 3.51. The van der Waals surface area contributed by atoms with Gasteiger partial charge in [-0.3, -0.25) is 4.79 Å². The van der Waals surface area contributed by atoms with E-state index in [0.29, 0.717) is 18.1 Å². The second-order valence-corrected chi connectivity index (χ2v) is 10.9. The lowest BCUT2D eigenvalue weighted by molar-refractivity contribution is -0.303. The van der Waals surface area contributed by atoms with E-state index < -0.39 is 29.0 Å². The molecule has 2 bridgehead atoms. The smallest absolute Gasteiger partial charge is 0.164 e. The van der Waals surface area contributed by atoms with Crippen LogP contribution in [0.2, 0.25) is 0 Å². The number of rotatable bonds is 0. The maximum Gasteiger partial charge on any atom is 0.164 e. The van der Waals surface area contributed by atoms with Gasteiger partial charge in [-0.2, -0.15) is 0 Å². The minimum absolute atomic E-state index is 0.0415. The molecule has 154 valence electrons. The molecule has 0 aromatic heterocycles. The number of hydrogen-bond donors (Lipinski definition) is 2. The van der Waals surface area contributed by atoms with Crippen molar-refractivity contribution in [1.82, 2.24) is 0 Å². The first-order valence-corrected chi connectivity index (χ1v) is 10.5. The Morgan fingerprint density at radius 3 is 2.57 bits per heavy atom. The third-order valence-electron chi connectivity index (χ3n) is 8.71. The first kappa shape index (κ1) is 19.0. The second-order valence-electron chi connectivity index (χ2n) is 10.9. The van der Waals surface area contributed by atoms with Crippen molar-refractivity contribution in [2.75, 3.05) is 6.61 Å². The van der Waals surface area contributed by atoms with Crippen LogP contribution in [0.4, 0.5) is 0 Å². The fourth-order valence-electron chi connectivity index (χ4n) is 7.14. The SMILES string of the molecule is CC1=CC23C(=O)C(C=C4COC(C)(C)OC4C2(O)C1O)C1C(CC3C)C1(C)C. The van der Waals surface area contributed by atoms with Crippen molar-refractivity contribution in [3.8, 4) is 0 Å². The zero-order chi connectivity index (χ0) is 20.4. The molecule has 0 aromatic carbocycles. The number of Topliss-reactive ketones (excluding diaryl/α,β-unsaturated/α-hetero) is 1. The third kappa shape index (κ3) is 1.95. The zero-order valence-electron chi connectivity index (χ0n) is 17.7. The molecular weight excluding hydrogens is 356 g/mol. The van der Waals surface area contributed by atoms with Gasteiger partial charge in [-0.1, -0.05) is 32.9 Å². The van der Waals surface area contributed by atoms with Gasteiger partial charge in [-0.05, 0) is 61.5 Å². The van der Waals surface area contributed by atoms with Gasteiger partial charge in [0.15, 0.2) is 11.6 Å². The van der Waals surface area contributed by atoms with Crippen molar-refractivity contribution in [2.24, 2.45) is 34.5 Å². The maximum atomic E-state index is 14.1. The Hall–Kier alpha value is -1.01. The van der Waals surface area contributed by atoms with Crippen LogP contribution in [-0.2, 0) is 14.3 Å². The average Bonchev–Trinajstić information content (AvgIpc) is 3.10. The number of aliphatic hydroxyl groups excluding tert-OH is 1. The van der Waals surface area contributed by atoms with E-state index in [0.717, 1.165) is 12.0 Å². The first-order chi connectivity index (χ1) is 12.9. The molecule has 0 radical (unpaired) electrons. The number of aliphatic hydroxyl groups is 2. The van der Waals surface area contributed by atoms with E-state index in [1.54, 1.807) is 0 Å². The number of ketones is 1. The monoisotopic (exact) mass is 388 g/mol. The van der Waals surface area contributed by atoms with Gasteiger partial charge in [0.25, 0.3) is 0 Å². The molecule has 2 saturated carbocycles. The third-order valence-corrected chi connectivity index (χ3v) is 8.71. The summed E-state index contributed by atoms with van der Waals surface area (Å²) in [4.78, 5) is 14.1. The molecule has 5 heteroatoms. The van der Waals surface area contributed by atoms with Gasteiger partial charge >= 0.3 is 0 Å². The fraction of sp³-hybridized carbons (Fsp3) is 0.783. The Labute approximate surface area is 166 Å². The predicted octanol–water partition coefficient (Wildman–Crippen LogP) is 2.61. The largest absolute Gasteiger partial charge is 0.386 e. The summed E-state index contributed by atoms with van der Waals surface area (Å²) in [5.41, 5.74) is -1.29. The Morgan fingerprint density at radius 1 is 1.21 bits per heavy atom. The summed E-state index contributed by atoms with van der Waals surface area (Å²) in [6.07, 6.45) is 2.85. The molecule has 5 nitrogen and oxygen atoms in total. The quantitative estimate of drug-likeness (QED) is 0.624. The summed E-state index contributed by atoms with van der Waals surface area (Å²) in [5.74, 6) is -0.504. The number of hydrogen-bond acceptors (Lipinski definition) is 5. The van der Waals surface area contributed by atoms with E-state index in [2.05, 4.69) is 20.8 Å². The van der Waals surface area contributed by atoms with Crippen LogP contribution in [0, 0.1) is 34.5 Å². The van der Waals surface area contributed by atoms with E-state index >= 15 is 0 Å². The molecule has 5 rings (SSSR count). The van der Waals surface area contributed by atoms with Crippen molar-refractivity contribution < 1.29 is 24.5 Å². The molecule has 2 N–H and O–H groups in total. The van der Waals surface area contributed by atoms with Gasteiger partial charge in [0.05, 0.1) is 12.0 Å². The fourth-order valence-corrected chi connectivity index (χ4v) is 7.14. The van der Waals surface area contributed by atoms with Crippen molar-refractivity contribution in [2.45, 2.75) is 71.6 Å². The molecule has 4 aliphatic carbocycles. The molecule has 0 amide bonds. The van der Waals surface area contributed by atoms with Gasteiger partial charge in [0.1, 0.15) is 17.8 Å². The summed E-state index contributed by atoms with van der Waals surface area (Å²) in [7, 11) is 0. The van der Waals surface area contributed by atoms with Crippen molar-refractivity contribution in [1.29, 1.82) is 0 Å². The van der Waals surface area contributed by atoms with Gasteiger partial charge in [-0.15, -0.1) is 0 Å². The van der Waals surface area contributed by atoms with Gasteiger partial charge in [0, 0.05) is 5.92 Å². The number of fused-ring (bicyclic) bond motifs is 5. The molecule has 1 aliphatic heterocycles. The predicted molar refractivity (Wildman–Crippen MR) is 103 cm³/mol. The molecule has 1 heterocycles. The number of carbonyl (C=O) groups excluding carboxylic acids is 1. The number of carbonyl (C=O) groups is 1. The lowest BCUT2D eigenvalue weighted by Gasteiger charge is -2.52. The average molecular weight is 389 g/mol. The van der Waals surface area contributed by atoms with Crippen molar-refractivity contribution in [3.05, 3.63) is 23.3 Å². The van der Waals surface area contributed by atoms with Crippen LogP contribution in [0.3, 0.4) is 0 Å². The van der Waals surface area contributed by atoms with Crippen LogP contribution in [0.15, 0.2) is 23.3 Å². The first-order valence-electron chi connectivity index (χ1n) is 10.5. The van der Waals surface area contributed by atoms with E-state index in [4.69, 9.17) is 9.47 Å². The highest BCUT2D eigenvalue weighted by Crippen LogP contribution is 2.72. The highest BCUT2D eigenvalue weighted by atomic mass is 16.7. The van der Waals surface area contributed by atoms with E-state index in [9.17, 15) is 15.0 Å². The summed E-state index contributed by atoms with van der Waals surface area (Å²) < 4.78 is 12.1. The van der Waals surface area contributed by atoms with Crippen LogP contribution in [-0.4, -0.2) is 46.2 Å². The molecule has 1 saturated heterocycles. The Bertz CT molecular complexity index is 823. The summed E-state index contributed by atoms with van der Waals surface area (Å²) in [6.45, 7) is 12.3. The lowest BCUT2D eigenvalue weighted by atomic mass is 9.59. The van der Waals surface area contributed by atoms with Crippen molar-refractivity contribution >= 4 is 5.78 Å². The van der Waals surface area contributed by atoms with Crippen LogP contribution in [0.25, 0.3) is 0 Å². The van der Waals surface area contributed by atoms with Crippen LogP contribution in [0.1, 0.15) is 48.0 Å². The Balaban J connectivity index is 1.77. The van der Waals surface area contributed by atoms with E-state index in [1.807, 2.05) is 32.9 Å². The maximum absolute atomic E-state index is 14.1. The molecule has 28 heavy (non-hydrogen) atoms. The highest BCUT2D eigenvalue weighted by molar-refractivity contribution is 5.95. The summed E-state index contributed by atoms with van der Waals surface area (Å²) >= 11 is 0. The van der Waals surface area contributed by atoms with Crippen LogP contribution in [0.5, 0.6) is 0 Å². The van der Waals surface area contributed by atoms with E-state index in [1.165, 1.54) is 0 Å². The molecule has 8 atom stereocenters. The summed E-state index contributed by atoms with van der Waals surface area (Å²) in [5, 5.41) is 23.4. The molecule has 0 aromatic rings. The number of allylic oxidation sites excluding steroid dienone is 1. The number of ether oxygens (including phenoxy) is 2. The molecule has 8 unspecified atom stereocenters. The zero-order valence-corrected chi connectivity index (χ0v) is 17.7. The molecular formula is C23H32O5. The molecule has 5 aliphatic rings. The minimum atomic E-state index is -1.71. The highest BCUT2D eigenvalue weighted by Gasteiger charge is 2.76. The second kappa shape index (κ2) is 5.18. The molecule has 3 fully saturated rings. The normalized spacial score (nSPS) is 53.1. The summed E-state index contributed by atoms with van der Waals surface area (Å²) in [6, 6.07) is 0. The van der Waals surface area contributed by atoms with Crippen LogP contribution < -0.4 is 0 Å².